The molecule has 18 heavy (non-hydrogen) atoms. The summed E-state index contributed by atoms with van der Waals surface area (Å²) in [5.74, 6) is 0.0966. The van der Waals surface area contributed by atoms with Crippen molar-refractivity contribution in [2.75, 3.05) is 6.54 Å². The number of halogens is 2. The van der Waals surface area contributed by atoms with E-state index >= 15 is 0 Å². The van der Waals surface area contributed by atoms with Crippen LogP contribution in [-0.2, 0) is 11.3 Å². The highest BCUT2D eigenvalue weighted by Gasteiger charge is 2.28. The summed E-state index contributed by atoms with van der Waals surface area (Å²) in [4.78, 5) is 11.7. The SMILES string of the molecule is C[C@@H]1CCNC(=O)[C@@H]1NCc1ccc(F)cc1Br. The molecule has 98 valence electrons. The van der Waals surface area contributed by atoms with Gasteiger partial charge in [0.2, 0.25) is 5.91 Å². The van der Waals surface area contributed by atoms with Gasteiger partial charge < -0.3 is 10.6 Å². The minimum atomic E-state index is -0.269. The van der Waals surface area contributed by atoms with Crippen molar-refractivity contribution in [1.82, 2.24) is 10.6 Å². The molecule has 1 aromatic carbocycles. The summed E-state index contributed by atoms with van der Waals surface area (Å²) in [5.41, 5.74) is 0.946. The Morgan fingerprint density at radius 1 is 1.56 bits per heavy atom. The van der Waals surface area contributed by atoms with E-state index in [0.29, 0.717) is 12.5 Å². The molecule has 2 rings (SSSR count). The molecule has 0 aliphatic carbocycles. The minimum absolute atomic E-state index is 0.0481. The summed E-state index contributed by atoms with van der Waals surface area (Å²) in [7, 11) is 0. The second-order valence-electron chi connectivity index (χ2n) is 4.65. The first-order chi connectivity index (χ1) is 8.58. The van der Waals surface area contributed by atoms with Crippen molar-refractivity contribution in [2.45, 2.75) is 25.9 Å². The van der Waals surface area contributed by atoms with Gasteiger partial charge in [-0.2, -0.15) is 0 Å². The average molecular weight is 315 g/mol. The molecule has 1 heterocycles. The van der Waals surface area contributed by atoms with E-state index in [4.69, 9.17) is 0 Å². The van der Waals surface area contributed by atoms with Crippen molar-refractivity contribution in [2.24, 2.45) is 5.92 Å². The zero-order valence-electron chi connectivity index (χ0n) is 10.2. The number of amides is 1. The van der Waals surface area contributed by atoms with Gasteiger partial charge in [0.25, 0.3) is 0 Å². The van der Waals surface area contributed by atoms with Crippen molar-refractivity contribution in [3.8, 4) is 0 Å². The van der Waals surface area contributed by atoms with E-state index in [0.717, 1.165) is 23.0 Å². The second kappa shape index (κ2) is 5.80. The van der Waals surface area contributed by atoms with Crippen LogP contribution in [0.4, 0.5) is 4.39 Å². The first-order valence-electron chi connectivity index (χ1n) is 6.03. The van der Waals surface area contributed by atoms with Crippen LogP contribution in [0.1, 0.15) is 18.9 Å². The van der Waals surface area contributed by atoms with Crippen molar-refractivity contribution >= 4 is 21.8 Å². The van der Waals surface area contributed by atoms with Gasteiger partial charge in [0, 0.05) is 17.6 Å². The Balaban J connectivity index is 2.00. The van der Waals surface area contributed by atoms with Crippen LogP contribution < -0.4 is 10.6 Å². The summed E-state index contributed by atoms with van der Waals surface area (Å²) in [6.45, 7) is 3.36. The average Bonchev–Trinajstić information content (AvgIpc) is 2.31. The van der Waals surface area contributed by atoms with E-state index in [9.17, 15) is 9.18 Å². The van der Waals surface area contributed by atoms with Gasteiger partial charge in [-0.3, -0.25) is 4.79 Å². The van der Waals surface area contributed by atoms with Gasteiger partial charge in [-0.25, -0.2) is 4.39 Å². The lowest BCUT2D eigenvalue weighted by Gasteiger charge is -2.29. The second-order valence-corrected chi connectivity index (χ2v) is 5.51. The van der Waals surface area contributed by atoms with Gasteiger partial charge in [-0.15, -0.1) is 0 Å². The van der Waals surface area contributed by atoms with Crippen LogP contribution in [0.2, 0.25) is 0 Å². The molecule has 1 aromatic rings. The molecular weight excluding hydrogens is 299 g/mol. The Kier molecular flexibility index (Phi) is 4.35. The lowest BCUT2D eigenvalue weighted by atomic mass is 9.94. The van der Waals surface area contributed by atoms with Gasteiger partial charge in [-0.1, -0.05) is 28.9 Å². The Labute approximate surface area is 114 Å². The first kappa shape index (κ1) is 13.5. The standard InChI is InChI=1S/C13H16BrFN2O/c1-8-4-5-16-13(18)12(8)17-7-9-2-3-10(15)6-11(9)14/h2-3,6,8,12,17H,4-5,7H2,1H3,(H,16,18)/t8-,12-/m1/s1. The fourth-order valence-corrected chi connectivity index (χ4v) is 2.63. The molecule has 5 heteroatoms. The molecule has 1 fully saturated rings. The van der Waals surface area contributed by atoms with Crippen LogP contribution in [0.3, 0.4) is 0 Å². The van der Waals surface area contributed by atoms with E-state index in [1.54, 1.807) is 6.07 Å². The highest BCUT2D eigenvalue weighted by molar-refractivity contribution is 9.10. The third-order valence-corrected chi connectivity index (χ3v) is 4.02. The summed E-state index contributed by atoms with van der Waals surface area (Å²) >= 11 is 3.32. The molecule has 0 aromatic heterocycles. The lowest BCUT2D eigenvalue weighted by Crippen LogP contribution is -2.52. The lowest BCUT2D eigenvalue weighted by molar-refractivity contribution is -0.126. The summed E-state index contributed by atoms with van der Waals surface area (Å²) in [5, 5.41) is 6.08. The number of hydrogen-bond acceptors (Lipinski definition) is 2. The zero-order valence-corrected chi connectivity index (χ0v) is 11.8. The van der Waals surface area contributed by atoms with Gasteiger partial charge in [0.1, 0.15) is 5.82 Å². The molecule has 0 spiro atoms. The van der Waals surface area contributed by atoms with Crippen LogP contribution in [-0.4, -0.2) is 18.5 Å². The molecule has 2 N–H and O–H groups in total. The molecule has 0 unspecified atom stereocenters. The predicted octanol–water partition coefficient (Wildman–Crippen LogP) is 2.20. The minimum Gasteiger partial charge on any atom is -0.355 e. The third kappa shape index (κ3) is 3.09. The van der Waals surface area contributed by atoms with E-state index in [2.05, 4.69) is 33.5 Å². The highest BCUT2D eigenvalue weighted by atomic mass is 79.9. The van der Waals surface area contributed by atoms with Crippen LogP contribution in [0.5, 0.6) is 0 Å². The molecular formula is C13H16BrFN2O. The maximum atomic E-state index is 13.0. The van der Waals surface area contributed by atoms with Gasteiger partial charge >= 0.3 is 0 Å². The molecule has 0 saturated carbocycles. The van der Waals surface area contributed by atoms with Gasteiger partial charge in [0.15, 0.2) is 0 Å². The summed E-state index contributed by atoms with van der Waals surface area (Å²) in [6, 6.07) is 4.40. The van der Waals surface area contributed by atoms with E-state index in [1.807, 2.05) is 0 Å². The molecule has 1 aliphatic rings. The topological polar surface area (TPSA) is 41.1 Å². The monoisotopic (exact) mass is 314 g/mol. The maximum Gasteiger partial charge on any atom is 0.237 e. The molecule has 2 atom stereocenters. The summed E-state index contributed by atoms with van der Waals surface area (Å²) in [6.07, 6.45) is 0.980. The van der Waals surface area contributed by atoms with Crippen molar-refractivity contribution < 1.29 is 9.18 Å². The van der Waals surface area contributed by atoms with Crippen molar-refractivity contribution in [3.05, 3.63) is 34.1 Å². The number of nitrogens with one attached hydrogen (secondary N) is 2. The van der Waals surface area contributed by atoms with Crippen molar-refractivity contribution in [3.63, 3.8) is 0 Å². The number of benzene rings is 1. The predicted molar refractivity (Wildman–Crippen MR) is 71.5 cm³/mol. The number of carbonyl (C=O) groups excluding carboxylic acids is 1. The van der Waals surface area contributed by atoms with E-state index in [-0.39, 0.29) is 17.8 Å². The Morgan fingerprint density at radius 3 is 3.00 bits per heavy atom. The number of rotatable bonds is 3. The molecule has 3 nitrogen and oxygen atoms in total. The fourth-order valence-electron chi connectivity index (χ4n) is 2.14. The smallest absolute Gasteiger partial charge is 0.237 e. The molecule has 0 radical (unpaired) electrons. The van der Waals surface area contributed by atoms with Crippen LogP contribution >= 0.6 is 15.9 Å². The Morgan fingerprint density at radius 2 is 2.33 bits per heavy atom. The zero-order chi connectivity index (χ0) is 13.1. The van der Waals surface area contributed by atoms with Gasteiger partial charge in [-0.05, 0) is 30.0 Å². The Hall–Kier alpha value is -0.940. The van der Waals surface area contributed by atoms with Gasteiger partial charge in [0.05, 0.1) is 6.04 Å². The normalized spacial score (nSPS) is 23.8. The van der Waals surface area contributed by atoms with E-state index < -0.39 is 0 Å². The highest BCUT2D eigenvalue weighted by Crippen LogP contribution is 2.19. The number of piperidine rings is 1. The van der Waals surface area contributed by atoms with Crippen molar-refractivity contribution in [1.29, 1.82) is 0 Å². The molecule has 1 aliphatic heterocycles. The fraction of sp³-hybridized carbons (Fsp3) is 0.462. The molecule has 0 bridgehead atoms. The van der Waals surface area contributed by atoms with Crippen LogP contribution in [0.15, 0.2) is 22.7 Å². The van der Waals surface area contributed by atoms with E-state index in [1.165, 1.54) is 12.1 Å². The number of hydrogen-bond donors (Lipinski definition) is 2. The Bertz CT molecular complexity index is 453. The number of carbonyl (C=O) groups is 1. The molecule has 1 amide bonds. The largest absolute Gasteiger partial charge is 0.355 e. The van der Waals surface area contributed by atoms with Crippen LogP contribution in [0, 0.1) is 11.7 Å². The third-order valence-electron chi connectivity index (χ3n) is 3.28. The summed E-state index contributed by atoms with van der Waals surface area (Å²) < 4.78 is 13.7. The van der Waals surface area contributed by atoms with Crippen LogP contribution in [0.25, 0.3) is 0 Å². The quantitative estimate of drug-likeness (QED) is 0.898. The maximum absolute atomic E-state index is 13.0. The molecule has 1 saturated heterocycles. The first-order valence-corrected chi connectivity index (χ1v) is 6.82.